The molecule has 29 heavy (non-hydrogen) atoms. The highest BCUT2D eigenvalue weighted by molar-refractivity contribution is 6.35. The van der Waals surface area contributed by atoms with Gasteiger partial charge in [0.15, 0.2) is 0 Å². The third-order valence-electron chi connectivity index (χ3n) is 6.23. The van der Waals surface area contributed by atoms with Crippen LogP contribution in [-0.2, 0) is 16.1 Å². The first-order valence-electron chi connectivity index (χ1n) is 10.5. The molecule has 152 valence electrons. The maximum atomic E-state index is 12.3. The zero-order valence-corrected chi connectivity index (χ0v) is 16.9. The maximum absolute atomic E-state index is 12.3. The fourth-order valence-electron chi connectivity index (χ4n) is 4.63. The summed E-state index contributed by atoms with van der Waals surface area (Å²) in [7, 11) is 0. The Morgan fingerprint density at radius 2 is 1.72 bits per heavy atom. The summed E-state index contributed by atoms with van der Waals surface area (Å²) in [5, 5.41) is 9.12. The Labute approximate surface area is 172 Å². The van der Waals surface area contributed by atoms with E-state index in [0.29, 0.717) is 12.5 Å². The van der Waals surface area contributed by atoms with Gasteiger partial charge in [0.2, 0.25) is 0 Å². The van der Waals surface area contributed by atoms with Crippen molar-refractivity contribution in [3.8, 4) is 11.1 Å². The van der Waals surface area contributed by atoms with E-state index >= 15 is 0 Å². The van der Waals surface area contributed by atoms with Crippen LogP contribution in [0.25, 0.3) is 11.1 Å². The third-order valence-corrected chi connectivity index (χ3v) is 6.23. The Balaban J connectivity index is 1.30. The summed E-state index contributed by atoms with van der Waals surface area (Å²) in [6, 6.07) is 16.5. The van der Waals surface area contributed by atoms with E-state index in [1.54, 1.807) is 0 Å². The van der Waals surface area contributed by atoms with Gasteiger partial charge in [-0.05, 0) is 73.9 Å². The lowest BCUT2D eigenvalue weighted by Crippen LogP contribution is -2.46. The normalized spacial score (nSPS) is 23.3. The van der Waals surface area contributed by atoms with Crippen molar-refractivity contribution in [2.24, 2.45) is 11.8 Å². The predicted molar refractivity (Wildman–Crippen MR) is 114 cm³/mol. The minimum Gasteiger partial charge on any atom is -0.345 e. The second-order valence-corrected chi connectivity index (χ2v) is 8.41. The van der Waals surface area contributed by atoms with Crippen LogP contribution in [0.1, 0.15) is 30.4 Å². The molecule has 2 aromatic carbocycles. The van der Waals surface area contributed by atoms with Crippen LogP contribution in [0.15, 0.2) is 48.5 Å². The first-order chi connectivity index (χ1) is 14.1. The fourth-order valence-corrected chi connectivity index (χ4v) is 4.63. The number of aryl methyl sites for hydroxylation is 1. The number of amides is 2. The molecule has 3 unspecified atom stereocenters. The number of carbonyl (C=O) groups is 2. The minimum absolute atomic E-state index is 0.110. The van der Waals surface area contributed by atoms with Gasteiger partial charge in [-0.2, -0.15) is 0 Å². The molecule has 4 rings (SSSR count). The van der Waals surface area contributed by atoms with E-state index in [9.17, 15) is 9.59 Å². The molecule has 0 radical (unpaired) electrons. The molecule has 2 aliphatic rings. The van der Waals surface area contributed by atoms with Gasteiger partial charge in [0.1, 0.15) is 0 Å². The highest BCUT2D eigenvalue weighted by Gasteiger charge is 2.34. The van der Waals surface area contributed by atoms with Gasteiger partial charge in [-0.1, -0.05) is 48.0 Å². The van der Waals surface area contributed by atoms with Crippen LogP contribution in [0.4, 0.5) is 0 Å². The van der Waals surface area contributed by atoms with Crippen LogP contribution in [0.3, 0.4) is 0 Å². The molecule has 2 aromatic rings. The molecule has 5 heteroatoms. The SMILES string of the molecule is Cc1cccc(-c2cccc(CNC(=O)C(=O)NC3CCC4CNCC4C3)c2)c1. The molecule has 0 aromatic heterocycles. The highest BCUT2D eigenvalue weighted by atomic mass is 16.2. The molecule has 1 aliphatic carbocycles. The van der Waals surface area contributed by atoms with Crippen LogP contribution >= 0.6 is 0 Å². The Morgan fingerprint density at radius 3 is 2.55 bits per heavy atom. The van der Waals surface area contributed by atoms with Crippen molar-refractivity contribution in [3.63, 3.8) is 0 Å². The van der Waals surface area contributed by atoms with Crippen molar-refractivity contribution in [2.75, 3.05) is 13.1 Å². The van der Waals surface area contributed by atoms with Crippen LogP contribution < -0.4 is 16.0 Å². The average molecular weight is 392 g/mol. The van der Waals surface area contributed by atoms with Crippen molar-refractivity contribution in [2.45, 2.75) is 38.8 Å². The van der Waals surface area contributed by atoms with Gasteiger partial charge in [0, 0.05) is 12.6 Å². The van der Waals surface area contributed by atoms with Crippen LogP contribution in [0, 0.1) is 18.8 Å². The molecule has 1 heterocycles. The van der Waals surface area contributed by atoms with E-state index in [0.717, 1.165) is 55.0 Å². The minimum atomic E-state index is -0.558. The van der Waals surface area contributed by atoms with E-state index < -0.39 is 11.8 Å². The summed E-state index contributed by atoms with van der Waals surface area (Å²) < 4.78 is 0. The maximum Gasteiger partial charge on any atom is 0.309 e. The molecule has 0 spiro atoms. The fraction of sp³-hybridized carbons (Fsp3) is 0.417. The molecule has 2 fully saturated rings. The summed E-state index contributed by atoms with van der Waals surface area (Å²) in [6.07, 6.45) is 3.05. The smallest absolute Gasteiger partial charge is 0.309 e. The topological polar surface area (TPSA) is 70.2 Å². The molecule has 3 atom stereocenters. The van der Waals surface area contributed by atoms with Gasteiger partial charge in [0.25, 0.3) is 0 Å². The van der Waals surface area contributed by atoms with Crippen LogP contribution in [0.2, 0.25) is 0 Å². The largest absolute Gasteiger partial charge is 0.345 e. The Bertz CT molecular complexity index is 895. The first kappa shape index (κ1) is 19.6. The average Bonchev–Trinajstić information content (AvgIpc) is 3.20. The first-order valence-corrected chi connectivity index (χ1v) is 10.5. The van der Waals surface area contributed by atoms with Crippen molar-refractivity contribution in [1.29, 1.82) is 0 Å². The summed E-state index contributed by atoms with van der Waals surface area (Å²) in [5.41, 5.74) is 4.43. The van der Waals surface area contributed by atoms with E-state index in [1.165, 1.54) is 5.56 Å². The second kappa shape index (κ2) is 8.78. The van der Waals surface area contributed by atoms with Crippen molar-refractivity contribution in [1.82, 2.24) is 16.0 Å². The highest BCUT2D eigenvalue weighted by Crippen LogP contribution is 2.32. The van der Waals surface area contributed by atoms with E-state index in [-0.39, 0.29) is 6.04 Å². The Hall–Kier alpha value is -2.66. The van der Waals surface area contributed by atoms with Gasteiger partial charge in [-0.3, -0.25) is 9.59 Å². The Kier molecular flexibility index (Phi) is 5.95. The summed E-state index contributed by atoms with van der Waals surface area (Å²) >= 11 is 0. The zero-order valence-electron chi connectivity index (χ0n) is 16.9. The molecular weight excluding hydrogens is 362 g/mol. The van der Waals surface area contributed by atoms with Gasteiger partial charge < -0.3 is 16.0 Å². The van der Waals surface area contributed by atoms with Crippen molar-refractivity contribution >= 4 is 11.8 Å². The number of nitrogens with one attached hydrogen (secondary N) is 3. The monoisotopic (exact) mass is 391 g/mol. The number of carbonyl (C=O) groups excluding carboxylic acids is 2. The molecule has 0 bridgehead atoms. The number of rotatable bonds is 4. The molecule has 5 nitrogen and oxygen atoms in total. The quantitative estimate of drug-likeness (QED) is 0.702. The lowest BCUT2D eigenvalue weighted by atomic mass is 9.79. The van der Waals surface area contributed by atoms with E-state index in [1.807, 2.05) is 18.2 Å². The van der Waals surface area contributed by atoms with Crippen molar-refractivity contribution in [3.05, 3.63) is 59.7 Å². The van der Waals surface area contributed by atoms with Gasteiger partial charge in [0.05, 0.1) is 0 Å². The van der Waals surface area contributed by atoms with Gasteiger partial charge >= 0.3 is 11.8 Å². The van der Waals surface area contributed by atoms with Crippen LogP contribution in [0.5, 0.6) is 0 Å². The summed E-state index contributed by atoms with van der Waals surface area (Å²) in [6.45, 7) is 4.53. The number of hydrogen-bond donors (Lipinski definition) is 3. The standard InChI is InChI=1S/C24H29N3O2/c1-16-4-2-6-18(10-16)19-7-3-5-17(11-19)13-26-23(28)24(29)27-22-9-8-20-14-25-15-21(20)12-22/h2-7,10-11,20-22,25H,8-9,12-15H2,1H3,(H,26,28)(H,27,29). The molecule has 3 N–H and O–H groups in total. The molecule has 2 amide bonds. The summed E-state index contributed by atoms with van der Waals surface area (Å²) in [5.74, 6) is 0.283. The molecule has 1 saturated carbocycles. The predicted octanol–water partition coefficient (Wildman–Crippen LogP) is 2.78. The van der Waals surface area contributed by atoms with Crippen molar-refractivity contribution < 1.29 is 9.59 Å². The summed E-state index contributed by atoms with van der Waals surface area (Å²) in [4.78, 5) is 24.6. The third kappa shape index (κ3) is 4.85. The van der Waals surface area contributed by atoms with E-state index in [4.69, 9.17) is 0 Å². The zero-order chi connectivity index (χ0) is 20.2. The lowest BCUT2D eigenvalue weighted by Gasteiger charge is -2.31. The van der Waals surface area contributed by atoms with Gasteiger partial charge in [-0.15, -0.1) is 0 Å². The molecule has 1 aliphatic heterocycles. The second-order valence-electron chi connectivity index (χ2n) is 8.41. The number of benzene rings is 2. The lowest BCUT2D eigenvalue weighted by molar-refractivity contribution is -0.139. The van der Waals surface area contributed by atoms with Gasteiger partial charge in [-0.25, -0.2) is 0 Å². The number of fused-ring (bicyclic) bond motifs is 1. The molecule has 1 saturated heterocycles. The van der Waals surface area contributed by atoms with Crippen LogP contribution in [-0.4, -0.2) is 30.9 Å². The number of hydrogen-bond acceptors (Lipinski definition) is 3. The Morgan fingerprint density at radius 1 is 0.966 bits per heavy atom. The molecular formula is C24H29N3O2. The van der Waals surface area contributed by atoms with E-state index in [2.05, 4.69) is 53.2 Å².